The number of rotatable bonds is 2. The van der Waals surface area contributed by atoms with Gasteiger partial charge in [-0.25, -0.2) is 0 Å². The Kier molecular flexibility index (Phi) is 5.69. The maximum absolute atomic E-state index is 12.7. The Morgan fingerprint density at radius 1 is 1.17 bits per heavy atom. The van der Waals surface area contributed by atoms with Gasteiger partial charge in [-0.15, -0.1) is 12.4 Å². The fourth-order valence-electron chi connectivity index (χ4n) is 3.01. The van der Waals surface area contributed by atoms with E-state index in [1.54, 1.807) is 12.1 Å². The molecule has 2 aromatic rings. The smallest absolute Gasteiger partial charge is 0.253 e. The molecular formula is C18H20Cl2N2O. The summed E-state index contributed by atoms with van der Waals surface area (Å²) in [6.45, 7) is 3.15. The highest BCUT2D eigenvalue weighted by Crippen LogP contribution is 2.28. The standard InChI is InChI=1S/C18H19ClN2O.ClH/c1-12-9-14(7-8-16(12)19)18(22)21-10-15(17(20)11-21)13-5-3-2-4-6-13;/h2-9,15,17H,10-11,20H2,1H3;1H/t15-,17+;/m0./s1. The highest BCUT2D eigenvalue weighted by Gasteiger charge is 2.34. The lowest BCUT2D eigenvalue weighted by Gasteiger charge is -2.17. The van der Waals surface area contributed by atoms with E-state index in [4.69, 9.17) is 17.3 Å². The average Bonchev–Trinajstić information content (AvgIpc) is 2.92. The Labute approximate surface area is 147 Å². The van der Waals surface area contributed by atoms with E-state index in [0.29, 0.717) is 23.7 Å². The number of aryl methyl sites for hydroxylation is 1. The first kappa shape index (κ1) is 17.8. The minimum absolute atomic E-state index is 0. The molecule has 5 heteroatoms. The summed E-state index contributed by atoms with van der Waals surface area (Å²) >= 11 is 6.03. The van der Waals surface area contributed by atoms with E-state index in [-0.39, 0.29) is 30.3 Å². The molecule has 1 aliphatic rings. The van der Waals surface area contributed by atoms with Crippen LogP contribution in [0.5, 0.6) is 0 Å². The first-order valence-corrected chi connectivity index (χ1v) is 7.80. The van der Waals surface area contributed by atoms with Crippen molar-refractivity contribution in [1.82, 2.24) is 4.90 Å². The monoisotopic (exact) mass is 350 g/mol. The Balaban J connectivity index is 0.00000192. The van der Waals surface area contributed by atoms with Crippen molar-refractivity contribution in [2.24, 2.45) is 5.73 Å². The molecule has 3 nitrogen and oxygen atoms in total. The van der Waals surface area contributed by atoms with E-state index in [1.807, 2.05) is 36.1 Å². The predicted molar refractivity (Wildman–Crippen MR) is 96.5 cm³/mol. The van der Waals surface area contributed by atoms with Crippen molar-refractivity contribution >= 4 is 29.9 Å². The van der Waals surface area contributed by atoms with Gasteiger partial charge in [0.05, 0.1) is 0 Å². The molecule has 0 unspecified atom stereocenters. The highest BCUT2D eigenvalue weighted by atomic mass is 35.5. The minimum Gasteiger partial charge on any atom is -0.336 e. The zero-order chi connectivity index (χ0) is 15.7. The lowest BCUT2D eigenvalue weighted by molar-refractivity contribution is 0.0789. The first-order valence-electron chi connectivity index (χ1n) is 7.42. The van der Waals surface area contributed by atoms with Crippen LogP contribution in [0, 0.1) is 6.92 Å². The summed E-state index contributed by atoms with van der Waals surface area (Å²) < 4.78 is 0. The quantitative estimate of drug-likeness (QED) is 0.898. The Bertz CT molecular complexity index is 691. The number of amides is 1. The van der Waals surface area contributed by atoms with Gasteiger partial charge in [0.1, 0.15) is 0 Å². The fraction of sp³-hybridized carbons (Fsp3) is 0.278. The van der Waals surface area contributed by atoms with Gasteiger partial charge in [0.15, 0.2) is 0 Å². The van der Waals surface area contributed by atoms with Crippen molar-refractivity contribution in [3.63, 3.8) is 0 Å². The summed E-state index contributed by atoms with van der Waals surface area (Å²) in [7, 11) is 0. The van der Waals surface area contributed by atoms with Gasteiger partial charge >= 0.3 is 0 Å². The Hall–Kier alpha value is -1.55. The summed E-state index contributed by atoms with van der Waals surface area (Å²) in [6, 6.07) is 15.5. The molecule has 0 radical (unpaired) electrons. The van der Waals surface area contributed by atoms with Crippen LogP contribution in [0.25, 0.3) is 0 Å². The van der Waals surface area contributed by atoms with Crippen molar-refractivity contribution in [2.75, 3.05) is 13.1 Å². The Morgan fingerprint density at radius 2 is 1.87 bits per heavy atom. The van der Waals surface area contributed by atoms with E-state index >= 15 is 0 Å². The number of nitrogens with zero attached hydrogens (tertiary/aromatic N) is 1. The van der Waals surface area contributed by atoms with Crippen LogP contribution in [-0.4, -0.2) is 29.9 Å². The van der Waals surface area contributed by atoms with Gasteiger partial charge in [-0.1, -0.05) is 41.9 Å². The van der Waals surface area contributed by atoms with Crippen molar-refractivity contribution in [2.45, 2.75) is 18.9 Å². The molecule has 3 rings (SSSR count). The molecule has 1 heterocycles. The third-order valence-corrected chi connectivity index (χ3v) is 4.71. The number of nitrogens with two attached hydrogens (primary N) is 1. The van der Waals surface area contributed by atoms with Crippen LogP contribution in [0.15, 0.2) is 48.5 Å². The zero-order valence-electron chi connectivity index (χ0n) is 12.9. The molecule has 0 bridgehead atoms. The molecule has 0 spiro atoms. The van der Waals surface area contributed by atoms with Gasteiger partial charge in [-0.05, 0) is 36.2 Å². The largest absolute Gasteiger partial charge is 0.336 e. The van der Waals surface area contributed by atoms with Crippen LogP contribution in [0.1, 0.15) is 27.4 Å². The lowest BCUT2D eigenvalue weighted by atomic mass is 9.95. The summed E-state index contributed by atoms with van der Waals surface area (Å²) in [5, 5.41) is 0.678. The predicted octanol–water partition coefficient (Wildman–Crippen LogP) is 3.64. The summed E-state index contributed by atoms with van der Waals surface area (Å²) in [6.07, 6.45) is 0. The van der Waals surface area contributed by atoms with Crippen LogP contribution < -0.4 is 5.73 Å². The van der Waals surface area contributed by atoms with Crippen molar-refractivity contribution in [1.29, 1.82) is 0 Å². The maximum atomic E-state index is 12.7. The van der Waals surface area contributed by atoms with Crippen molar-refractivity contribution in [3.8, 4) is 0 Å². The number of hydrogen-bond donors (Lipinski definition) is 1. The van der Waals surface area contributed by atoms with Crippen molar-refractivity contribution < 1.29 is 4.79 Å². The SMILES string of the molecule is Cc1cc(C(=O)N2C[C@@H](N)[C@H](c3ccccc3)C2)ccc1Cl.Cl. The molecule has 23 heavy (non-hydrogen) atoms. The van der Waals surface area contributed by atoms with E-state index in [0.717, 1.165) is 5.56 Å². The van der Waals surface area contributed by atoms with Crippen LogP contribution in [0.3, 0.4) is 0 Å². The second-order valence-corrected chi connectivity index (χ2v) is 6.26. The number of likely N-dealkylation sites (tertiary alicyclic amines) is 1. The summed E-state index contributed by atoms with van der Waals surface area (Å²) in [4.78, 5) is 14.5. The molecule has 1 fully saturated rings. The fourth-order valence-corrected chi connectivity index (χ4v) is 3.13. The van der Waals surface area contributed by atoms with E-state index in [2.05, 4.69) is 12.1 Å². The van der Waals surface area contributed by atoms with Crippen LogP contribution >= 0.6 is 24.0 Å². The lowest BCUT2D eigenvalue weighted by Crippen LogP contribution is -2.32. The average molecular weight is 351 g/mol. The number of carbonyl (C=O) groups excluding carboxylic acids is 1. The molecule has 0 aliphatic carbocycles. The summed E-state index contributed by atoms with van der Waals surface area (Å²) in [5.74, 6) is 0.215. The second-order valence-electron chi connectivity index (χ2n) is 5.86. The van der Waals surface area contributed by atoms with Gasteiger partial charge < -0.3 is 10.6 Å². The topological polar surface area (TPSA) is 46.3 Å². The molecule has 122 valence electrons. The number of carbonyl (C=O) groups is 1. The molecule has 1 saturated heterocycles. The first-order chi connectivity index (χ1) is 10.6. The molecule has 0 saturated carbocycles. The van der Waals surface area contributed by atoms with Gasteiger partial charge in [0.25, 0.3) is 5.91 Å². The molecule has 2 aromatic carbocycles. The zero-order valence-corrected chi connectivity index (χ0v) is 14.5. The minimum atomic E-state index is -0.0280. The molecular weight excluding hydrogens is 331 g/mol. The van der Waals surface area contributed by atoms with Crippen molar-refractivity contribution in [3.05, 3.63) is 70.2 Å². The molecule has 2 N–H and O–H groups in total. The molecule has 1 amide bonds. The van der Waals surface area contributed by atoms with E-state index in [1.165, 1.54) is 5.56 Å². The van der Waals surface area contributed by atoms with Crippen LogP contribution in [0.2, 0.25) is 5.02 Å². The normalized spacial score (nSPS) is 20.2. The molecule has 0 aromatic heterocycles. The number of halogens is 2. The maximum Gasteiger partial charge on any atom is 0.253 e. The number of hydrogen-bond acceptors (Lipinski definition) is 2. The molecule has 1 aliphatic heterocycles. The second kappa shape index (κ2) is 7.35. The van der Waals surface area contributed by atoms with Gasteiger partial charge in [-0.3, -0.25) is 4.79 Å². The highest BCUT2D eigenvalue weighted by molar-refractivity contribution is 6.31. The Morgan fingerprint density at radius 3 is 2.52 bits per heavy atom. The summed E-state index contributed by atoms with van der Waals surface area (Å²) in [5.41, 5.74) is 9.03. The van der Waals surface area contributed by atoms with Gasteiger partial charge in [0.2, 0.25) is 0 Å². The van der Waals surface area contributed by atoms with Crippen LogP contribution in [-0.2, 0) is 0 Å². The van der Waals surface area contributed by atoms with E-state index < -0.39 is 0 Å². The van der Waals surface area contributed by atoms with Gasteiger partial charge in [0, 0.05) is 35.6 Å². The number of benzene rings is 2. The third kappa shape index (κ3) is 3.69. The molecule has 2 atom stereocenters. The van der Waals surface area contributed by atoms with Crippen LogP contribution in [0.4, 0.5) is 0 Å². The van der Waals surface area contributed by atoms with Gasteiger partial charge in [-0.2, -0.15) is 0 Å². The van der Waals surface area contributed by atoms with E-state index in [9.17, 15) is 4.79 Å². The third-order valence-electron chi connectivity index (χ3n) is 4.28.